The molecule has 0 N–H and O–H groups in total. The van der Waals surface area contributed by atoms with Crippen LogP contribution < -0.4 is 0 Å². The van der Waals surface area contributed by atoms with Gasteiger partial charge in [0.1, 0.15) is 5.82 Å². The zero-order valence-corrected chi connectivity index (χ0v) is 14.0. The van der Waals surface area contributed by atoms with E-state index in [2.05, 4.69) is 15.9 Å². The van der Waals surface area contributed by atoms with Crippen molar-refractivity contribution < 1.29 is 9.18 Å². The van der Waals surface area contributed by atoms with Crippen molar-refractivity contribution in [3.63, 3.8) is 0 Å². The van der Waals surface area contributed by atoms with Crippen LogP contribution in [0.4, 0.5) is 4.39 Å². The lowest BCUT2D eigenvalue weighted by Crippen LogP contribution is -2.28. The van der Waals surface area contributed by atoms with Crippen molar-refractivity contribution in [2.75, 3.05) is 6.54 Å². The van der Waals surface area contributed by atoms with E-state index >= 15 is 0 Å². The van der Waals surface area contributed by atoms with Crippen molar-refractivity contribution in [2.45, 2.75) is 13.5 Å². The Morgan fingerprint density at radius 1 is 1.43 bits per heavy atom. The van der Waals surface area contributed by atoms with Crippen LogP contribution in [0.5, 0.6) is 0 Å². The minimum Gasteiger partial charge on any atom is -0.334 e. The van der Waals surface area contributed by atoms with Crippen LogP contribution in [0.25, 0.3) is 6.08 Å². The van der Waals surface area contributed by atoms with Gasteiger partial charge in [-0.25, -0.2) is 4.39 Å². The Morgan fingerprint density at radius 3 is 2.90 bits per heavy atom. The Hall–Kier alpha value is -1.46. The molecule has 0 saturated heterocycles. The van der Waals surface area contributed by atoms with E-state index in [1.165, 1.54) is 18.2 Å². The van der Waals surface area contributed by atoms with Crippen LogP contribution in [0.2, 0.25) is 0 Å². The Bertz CT molecular complexity index is 640. The van der Waals surface area contributed by atoms with E-state index < -0.39 is 0 Å². The zero-order valence-electron chi connectivity index (χ0n) is 11.6. The number of halogens is 2. The van der Waals surface area contributed by atoms with Crippen LogP contribution >= 0.6 is 27.3 Å². The smallest absolute Gasteiger partial charge is 0.246 e. The molecule has 0 aliphatic carbocycles. The molecule has 0 atom stereocenters. The maximum atomic E-state index is 13.6. The standard InChI is InChI=1S/C16H15BrFNOS/c1-2-19(11-14-4-3-9-21-14)16(20)8-5-12-10-13(17)6-7-15(12)18/h3-10H,2,11H2,1H3/b8-5+. The summed E-state index contributed by atoms with van der Waals surface area (Å²) in [6.45, 7) is 3.12. The molecule has 0 fully saturated rings. The monoisotopic (exact) mass is 367 g/mol. The topological polar surface area (TPSA) is 20.3 Å². The molecule has 0 aliphatic heterocycles. The van der Waals surface area contributed by atoms with E-state index in [-0.39, 0.29) is 11.7 Å². The second-order valence-corrected chi connectivity index (χ2v) is 6.38. The van der Waals surface area contributed by atoms with Gasteiger partial charge in [-0.15, -0.1) is 11.3 Å². The predicted octanol–water partition coefficient (Wildman–Crippen LogP) is 4.71. The minimum atomic E-state index is -0.344. The molecule has 1 amide bonds. The largest absolute Gasteiger partial charge is 0.334 e. The van der Waals surface area contributed by atoms with Gasteiger partial charge in [-0.1, -0.05) is 22.0 Å². The molecule has 2 aromatic rings. The van der Waals surface area contributed by atoms with E-state index in [4.69, 9.17) is 0 Å². The maximum Gasteiger partial charge on any atom is 0.246 e. The maximum absolute atomic E-state index is 13.6. The summed E-state index contributed by atoms with van der Waals surface area (Å²) >= 11 is 4.91. The van der Waals surface area contributed by atoms with Gasteiger partial charge in [0.15, 0.2) is 0 Å². The van der Waals surface area contributed by atoms with Gasteiger partial charge in [0.05, 0.1) is 6.54 Å². The summed E-state index contributed by atoms with van der Waals surface area (Å²) in [5.41, 5.74) is 0.393. The van der Waals surface area contributed by atoms with Crippen molar-refractivity contribution in [3.05, 3.63) is 62.5 Å². The first kappa shape index (κ1) is 15.9. The molecule has 5 heteroatoms. The Kier molecular flexibility index (Phi) is 5.70. The van der Waals surface area contributed by atoms with E-state index in [1.54, 1.807) is 28.4 Å². The summed E-state index contributed by atoms with van der Waals surface area (Å²) in [5.74, 6) is -0.464. The fourth-order valence-electron chi connectivity index (χ4n) is 1.85. The van der Waals surface area contributed by atoms with Crippen LogP contribution in [-0.2, 0) is 11.3 Å². The molecule has 0 bridgehead atoms. The Balaban J connectivity index is 2.08. The van der Waals surface area contributed by atoms with E-state index in [0.29, 0.717) is 18.7 Å². The second kappa shape index (κ2) is 7.52. The van der Waals surface area contributed by atoms with E-state index in [0.717, 1.165) is 9.35 Å². The lowest BCUT2D eigenvalue weighted by molar-refractivity contribution is -0.126. The summed E-state index contributed by atoms with van der Waals surface area (Å²) in [6.07, 6.45) is 2.93. The first-order valence-corrected chi connectivity index (χ1v) is 8.22. The van der Waals surface area contributed by atoms with Gasteiger partial charge >= 0.3 is 0 Å². The molecule has 21 heavy (non-hydrogen) atoms. The normalized spacial score (nSPS) is 11.0. The molecular weight excluding hydrogens is 353 g/mol. The van der Waals surface area contributed by atoms with Gasteiger partial charge in [0, 0.05) is 27.5 Å². The van der Waals surface area contributed by atoms with Crippen molar-refractivity contribution in [1.29, 1.82) is 0 Å². The fraction of sp³-hybridized carbons (Fsp3) is 0.188. The number of carbonyl (C=O) groups is 1. The highest BCUT2D eigenvalue weighted by molar-refractivity contribution is 9.10. The number of benzene rings is 1. The lowest BCUT2D eigenvalue weighted by atomic mass is 10.2. The third-order valence-corrected chi connectivity index (χ3v) is 4.34. The minimum absolute atomic E-state index is 0.120. The van der Waals surface area contributed by atoms with E-state index in [9.17, 15) is 9.18 Å². The van der Waals surface area contributed by atoms with Gasteiger partial charge in [0.25, 0.3) is 0 Å². The number of nitrogens with zero attached hydrogens (tertiary/aromatic N) is 1. The quantitative estimate of drug-likeness (QED) is 0.700. The number of thiophene rings is 1. The molecule has 2 rings (SSSR count). The predicted molar refractivity (Wildman–Crippen MR) is 88.5 cm³/mol. The fourth-order valence-corrected chi connectivity index (χ4v) is 2.94. The van der Waals surface area contributed by atoms with Crippen molar-refractivity contribution in [2.24, 2.45) is 0 Å². The van der Waals surface area contributed by atoms with Crippen LogP contribution in [0, 0.1) is 5.82 Å². The van der Waals surface area contributed by atoms with Crippen molar-refractivity contribution in [1.82, 2.24) is 4.90 Å². The number of hydrogen-bond donors (Lipinski definition) is 0. The van der Waals surface area contributed by atoms with Crippen LogP contribution in [-0.4, -0.2) is 17.4 Å². The van der Waals surface area contributed by atoms with Gasteiger partial charge in [0.2, 0.25) is 5.91 Å². The molecular formula is C16H15BrFNOS. The summed E-state index contributed by atoms with van der Waals surface area (Å²) < 4.78 is 14.4. The summed E-state index contributed by atoms with van der Waals surface area (Å²) in [7, 11) is 0. The highest BCUT2D eigenvalue weighted by atomic mass is 79.9. The second-order valence-electron chi connectivity index (χ2n) is 4.43. The molecule has 2 nitrogen and oxygen atoms in total. The summed E-state index contributed by atoms with van der Waals surface area (Å²) in [6, 6.07) is 8.61. The summed E-state index contributed by atoms with van der Waals surface area (Å²) in [4.78, 5) is 15.0. The average molecular weight is 368 g/mol. The molecule has 1 heterocycles. The SMILES string of the molecule is CCN(Cc1cccs1)C(=O)/C=C/c1cc(Br)ccc1F. The van der Waals surface area contributed by atoms with Gasteiger partial charge in [-0.2, -0.15) is 0 Å². The lowest BCUT2D eigenvalue weighted by Gasteiger charge is -2.18. The molecule has 1 aromatic heterocycles. The third-order valence-electron chi connectivity index (χ3n) is 2.98. The number of amides is 1. The number of hydrogen-bond acceptors (Lipinski definition) is 2. The van der Waals surface area contributed by atoms with E-state index in [1.807, 2.05) is 24.4 Å². The van der Waals surface area contributed by atoms with Crippen LogP contribution in [0.1, 0.15) is 17.4 Å². The molecule has 0 radical (unpaired) electrons. The molecule has 1 aromatic carbocycles. The van der Waals surface area contributed by atoms with Gasteiger partial charge in [-0.3, -0.25) is 4.79 Å². The third kappa shape index (κ3) is 4.51. The summed E-state index contributed by atoms with van der Waals surface area (Å²) in [5, 5.41) is 1.99. The molecule has 0 spiro atoms. The highest BCUT2D eigenvalue weighted by Gasteiger charge is 2.10. The number of carbonyl (C=O) groups excluding carboxylic acids is 1. The van der Waals surface area contributed by atoms with Gasteiger partial charge in [-0.05, 0) is 42.6 Å². The van der Waals surface area contributed by atoms with Crippen LogP contribution in [0.15, 0.2) is 46.3 Å². The molecule has 0 aliphatic rings. The van der Waals surface area contributed by atoms with Crippen molar-refractivity contribution >= 4 is 39.2 Å². The number of rotatable bonds is 5. The molecule has 0 unspecified atom stereocenters. The van der Waals surface area contributed by atoms with Crippen molar-refractivity contribution in [3.8, 4) is 0 Å². The first-order chi connectivity index (χ1) is 10.1. The van der Waals surface area contributed by atoms with Gasteiger partial charge < -0.3 is 4.90 Å². The molecule has 0 saturated carbocycles. The van der Waals surface area contributed by atoms with Crippen LogP contribution in [0.3, 0.4) is 0 Å². The molecule has 110 valence electrons. The Labute approximate surface area is 136 Å². The Morgan fingerprint density at radius 2 is 2.24 bits per heavy atom. The highest BCUT2D eigenvalue weighted by Crippen LogP contribution is 2.17. The first-order valence-electron chi connectivity index (χ1n) is 6.54. The zero-order chi connectivity index (χ0) is 15.2. The average Bonchev–Trinajstić information content (AvgIpc) is 2.98. The number of likely N-dealkylation sites (N-methyl/N-ethyl adjacent to an activating group) is 1.